The third-order valence-electron chi connectivity index (χ3n) is 4.79. The Labute approximate surface area is 145 Å². The van der Waals surface area contributed by atoms with Crippen molar-refractivity contribution in [1.82, 2.24) is 15.1 Å². The zero-order valence-corrected chi connectivity index (χ0v) is 13.8. The lowest BCUT2D eigenvalue weighted by Gasteiger charge is -2.23. The molecule has 0 unspecified atom stereocenters. The first kappa shape index (κ1) is 15.8. The Morgan fingerprint density at radius 3 is 2.80 bits per heavy atom. The third kappa shape index (κ3) is 3.01. The minimum Gasteiger partial charge on any atom is -0.370 e. The summed E-state index contributed by atoms with van der Waals surface area (Å²) in [6.07, 6.45) is 4.35. The van der Waals surface area contributed by atoms with Gasteiger partial charge in [-0.15, -0.1) is 0 Å². The number of carbonyl (C=O) groups excluding carboxylic acids is 1. The van der Waals surface area contributed by atoms with E-state index in [1.165, 1.54) is 18.4 Å². The Morgan fingerprint density at radius 1 is 1.24 bits per heavy atom. The minimum atomic E-state index is -0.587. The molecule has 1 aliphatic rings. The molecule has 2 heterocycles. The summed E-state index contributed by atoms with van der Waals surface area (Å²) in [4.78, 5) is 16.1. The molecule has 1 atom stereocenters. The second-order valence-corrected chi connectivity index (χ2v) is 6.36. The van der Waals surface area contributed by atoms with Crippen LogP contribution in [0.5, 0.6) is 0 Å². The summed E-state index contributed by atoms with van der Waals surface area (Å²) in [5.41, 5.74) is 3.25. The molecule has 1 fully saturated rings. The number of aromatic nitrogens is 2. The van der Waals surface area contributed by atoms with Crippen LogP contribution in [0.2, 0.25) is 0 Å². The smallest absolute Gasteiger partial charge is 0.358 e. The number of nitrogens with zero attached hydrogens (tertiary/aromatic N) is 2. The molecule has 3 N–H and O–H groups in total. The van der Waals surface area contributed by atoms with Gasteiger partial charge in [0.1, 0.15) is 5.52 Å². The topological polar surface area (TPSA) is 82.2 Å². The Morgan fingerprint density at radius 2 is 2.08 bits per heavy atom. The molecular formula is C19H20N4O2. The van der Waals surface area contributed by atoms with Gasteiger partial charge < -0.3 is 10.2 Å². The van der Waals surface area contributed by atoms with Crippen LogP contribution in [0.25, 0.3) is 16.6 Å². The van der Waals surface area contributed by atoms with Gasteiger partial charge in [0.15, 0.2) is 0 Å². The largest absolute Gasteiger partial charge is 0.370 e. The number of hydrogen-bond donors (Lipinski definition) is 2. The van der Waals surface area contributed by atoms with Gasteiger partial charge in [-0.3, -0.25) is 0 Å². The molecule has 1 aromatic heterocycles. The Bertz CT molecular complexity index is 895. The molecule has 1 aliphatic heterocycles. The maximum atomic E-state index is 11.8. The average molecular weight is 336 g/mol. The fraction of sp³-hybridized carbons (Fsp3) is 0.263. The van der Waals surface area contributed by atoms with Crippen LogP contribution in [0.15, 0.2) is 48.7 Å². The van der Waals surface area contributed by atoms with E-state index in [1.807, 2.05) is 12.3 Å². The monoisotopic (exact) mass is 336 g/mol. The number of benzene rings is 2. The standard InChI is InChI=1S/C19H20N4O2/c20-25-19(24)17-5-1-3-15-12-23(22-18(15)17)16-8-6-13(7-9-16)14-4-2-10-21-11-14/h1,3,5-9,12,14,21H,2,4,10-11,20H2/t14-/m1/s1. The van der Waals surface area contributed by atoms with Gasteiger partial charge in [-0.05, 0) is 49.1 Å². The predicted molar refractivity (Wildman–Crippen MR) is 95.5 cm³/mol. The van der Waals surface area contributed by atoms with E-state index < -0.39 is 5.97 Å². The molecule has 4 rings (SSSR count). The van der Waals surface area contributed by atoms with Crippen molar-refractivity contribution < 1.29 is 9.63 Å². The Hall–Kier alpha value is -2.70. The molecule has 0 bridgehead atoms. The number of fused-ring (bicyclic) bond motifs is 1. The summed E-state index contributed by atoms with van der Waals surface area (Å²) in [6, 6.07) is 13.8. The second kappa shape index (κ2) is 6.66. The van der Waals surface area contributed by atoms with Crippen LogP contribution >= 0.6 is 0 Å². The van der Waals surface area contributed by atoms with Crippen molar-refractivity contribution in [2.45, 2.75) is 18.8 Å². The molecule has 6 nitrogen and oxygen atoms in total. The van der Waals surface area contributed by atoms with Gasteiger partial charge in [0.2, 0.25) is 0 Å². The van der Waals surface area contributed by atoms with Crippen LogP contribution in [0.4, 0.5) is 0 Å². The molecule has 0 aliphatic carbocycles. The van der Waals surface area contributed by atoms with Crippen molar-refractivity contribution in [2.75, 3.05) is 13.1 Å². The number of nitrogens with one attached hydrogen (secondary N) is 1. The Balaban J connectivity index is 1.66. The van der Waals surface area contributed by atoms with E-state index in [4.69, 9.17) is 5.90 Å². The van der Waals surface area contributed by atoms with Crippen LogP contribution in [-0.4, -0.2) is 28.8 Å². The van der Waals surface area contributed by atoms with Crippen molar-refractivity contribution in [3.8, 4) is 5.69 Å². The van der Waals surface area contributed by atoms with Crippen LogP contribution in [-0.2, 0) is 4.84 Å². The van der Waals surface area contributed by atoms with Gasteiger partial charge in [0.05, 0.1) is 11.3 Å². The average Bonchev–Trinajstić information content (AvgIpc) is 3.12. The molecule has 0 amide bonds. The molecule has 0 radical (unpaired) electrons. The van der Waals surface area contributed by atoms with Gasteiger partial charge in [-0.25, -0.2) is 9.48 Å². The minimum absolute atomic E-state index is 0.364. The maximum absolute atomic E-state index is 11.8. The molecule has 2 aromatic carbocycles. The molecule has 3 aromatic rings. The van der Waals surface area contributed by atoms with E-state index in [0.29, 0.717) is 17.0 Å². The highest BCUT2D eigenvalue weighted by atomic mass is 16.7. The summed E-state index contributed by atoms with van der Waals surface area (Å²) in [6.45, 7) is 2.15. The summed E-state index contributed by atoms with van der Waals surface area (Å²) in [7, 11) is 0. The number of rotatable bonds is 3. The predicted octanol–water partition coefficient (Wildman–Crippen LogP) is 2.52. The van der Waals surface area contributed by atoms with E-state index in [0.717, 1.165) is 24.2 Å². The highest BCUT2D eigenvalue weighted by Gasteiger charge is 2.16. The number of nitrogens with two attached hydrogens (primary N) is 1. The van der Waals surface area contributed by atoms with Crippen LogP contribution in [0, 0.1) is 0 Å². The first-order valence-corrected chi connectivity index (χ1v) is 8.47. The first-order valence-electron chi connectivity index (χ1n) is 8.47. The highest BCUT2D eigenvalue weighted by molar-refractivity contribution is 6.02. The molecule has 6 heteroatoms. The SMILES string of the molecule is NOC(=O)c1cccc2cn(-c3ccc([C@@H]4CCCNC4)cc3)nc12. The molecular weight excluding hydrogens is 316 g/mol. The van der Waals surface area contributed by atoms with Crippen molar-refractivity contribution in [3.05, 3.63) is 59.8 Å². The van der Waals surface area contributed by atoms with E-state index in [-0.39, 0.29) is 0 Å². The van der Waals surface area contributed by atoms with E-state index in [2.05, 4.69) is 39.5 Å². The zero-order valence-electron chi connectivity index (χ0n) is 13.8. The second-order valence-electron chi connectivity index (χ2n) is 6.36. The quantitative estimate of drug-likeness (QED) is 0.718. The van der Waals surface area contributed by atoms with E-state index >= 15 is 0 Å². The lowest BCUT2D eigenvalue weighted by atomic mass is 9.92. The maximum Gasteiger partial charge on any atom is 0.358 e. The Kier molecular flexibility index (Phi) is 4.21. The van der Waals surface area contributed by atoms with E-state index in [1.54, 1.807) is 16.8 Å². The molecule has 0 spiro atoms. The highest BCUT2D eigenvalue weighted by Crippen LogP contribution is 2.25. The third-order valence-corrected chi connectivity index (χ3v) is 4.79. The molecule has 25 heavy (non-hydrogen) atoms. The van der Waals surface area contributed by atoms with Crippen molar-refractivity contribution in [3.63, 3.8) is 0 Å². The summed E-state index contributed by atoms with van der Waals surface area (Å²) >= 11 is 0. The summed E-state index contributed by atoms with van der Waals surface area (Å²) in [5.74, 6) is 5.00. The summed E-state index contributed by atoms with van der Waals surface area (Å²) < 4.78 is 1.78. The zero-order chi connectivity index (χ0) is 17.2. The van der Waals surface area contributed by atoms with Crippen molar-refractivity contribution >= 4 is 16.9 Å². The number of hydrogen-bond acceptors (Lipinski definition) is 5. The van der Waals surface area contributed by atoms with Crippen LogP contribution < -0.4 is 11.2 Å². The summed E-state index contributed by atoms with van der Waals surface area (Å²) in [5, 5.41) is 8.85. The van der Waals surface area contributed by atoms with Crippen molar-refractivity contribution in [1.29, 1.82) is 0 Å². The normalized spacial score (nSPS) is 17.6. The fourth-order valence-corrected chi connectivity index (χ4v) is 3.44. The van der Waals surface area contributed by atoms with Gasteiger partial charge >= 0.3 is 5.97 Å². The van der Waals surface area contributed by atoms with Gasteiger partial charge in [-0.1, -0.05) is 24.3 Å². The fourth-order valence-electron chi connectivity index (χ4n) is 3.44. The van der Waals surface area contributed by atoms with Crippen LogP contribution in [0.1, 0.15) is 34.7 Å². The van der Waals surface area contributed by atoms with Gasteiger partial charge in [-0.2, -0.15) is 11.0 Å². The first-order chi connectivity index (χ1) is 12.3. The lowest BCUT2D eigenvalue weighted by Crippen LogP contribution is -2.28. The van der Waals surface area contributed by atoms with Crippen LogP contribution in [0.3, 0.4) is 0 Å². The number of carbonyl (C=O) groups is 1. The number of piperidine rings is 1. The van der Waals surface area contributed by atoms with Gasteiger partial charge in [0, 0.05) is 18.1 Å². The van der Waals surface area contributed by atoms with E-state index in [9.17, 15) is 4.79 Å². The molecule has 1 saturated heterocycles. The van der Waals surface area contributed by atoms with Gasteiger partial charge in [0.25, 0.3) is 0 Å². The van der Waals surface area contributed by atoms with Crippen molar-refractivity contribution in [2.24, 2.45) is 5.90 Å². The molecule has 0 saturated carbocycles. The lowest BCUT2D eigenvalue weighted by molar-refractivity contribution is 0.0505. The molecule has 128 valence electrons.